The molecular formula is C14H10F3N3O2S2. The highest BCUT2D eigenvalue weighted by molar-refractivity contribution is 7.93. The molecule has 0 radical (unpaired) electrons. The Morgan fingerprint density at radius 3 is 2.46 bits per heavy atom. The molecule has 24 heavy (non-hydrogen) atoms. The van der Waals surface area contributed by atoms with Crippen molar-refractivity contribution in [3.63, 3.8) is 0 Å². The predicted molar refractivity (Wildman–Crippen MR) is 83.5 cm³/mol. The molecule has 126 valence electrons. The van der Waals surface area contributed by atoms with Gasteiger partial charge >= 0.3 is 12.1 Å². The van der Waals surface area contributed by atoms with E-state index in [9.17, 15) is 17.4 Å². The van der Waals surface area contributed by atoms with Gasteiger partial charge in [0.15, 0.2) is 0 Å². The SMILES string of the molecule is CS(=O)(=Nc1cccs1)c1ccc(-c2noc(C(F)(F)F)n2)cc1. The van der Waals surface area contributed by atoms with E-state index in [0.717, 1.165) is 0 Å². The molecule has 0 N–H and O–H groups in total. The van der Waals surface area contributed by atoms with Crippen LogP contribution in [0.25, 0.3) is 11.4 Å². The summed E-state index contributed by atoms with van der Waals surface area (Å²) in [5.41, 5.74) is 0.323. The zero-order valence-corrected chi connectivity index (χ0v) is 13.8. The lowest BCUT2D eigenvalue weighted by atomic mass is 10.2. The molecular weight excluding hydrogens is 363 g/mol. The Bertz CT molecular complexity index is 954. The Hall–Kier alpha value is -2.20. The van der Waals surface area contributed by atoms with Crippen molar-refractivity contribution in [2.75, 3.05) is 6.26 Å². The van der Waals surface area contributed by atoms with Crippen LogP contribution >= 0.6 is 11.3 Å². The molecule has 10 heteroatoms. The summed E-state index contributed by atoms with van der Waals surface area (Å²) in [6.45, 7) is 0. The third-order valence-electron chi connectivity index (χ3n) is 2.99. The average Bonchev–Trinajstić information content (AvgIpc) is 3.17. The molecule has 0 aliphatic heterocycles. The zero-order chi connectivity index (χ0) is 17.4. The molecule has 1 unspecified atom stereocenters. The Balaban J connectivity index is 1.91. The maximum Gasteiger partial charge on any atom is 0.471 e. The van der Waals surface area contributed by atoms with E-state index >= 15 is 0 Å². The summed E-state index contributed by atoms with van der Waals surface area (Å²) in [4.78, 5) is 3.77. The van der Waals surface area contributed by atoms with E-state index < -0.39 is 21.8 Å². The summed E-state index contributed by atoms with van der Waals surface area (Å²) in [7, 11) is -2.66. The first-order valence-electron chi connectivity index (χ1n) is 6.53. The Labute approximate surface area is 139 Å². The van der Waals surface area contributed by atoms with Crippen molar-refractivity contribution in [1.82, 2.24) is 10.1 Å². The number of halogens is 3. The molecule has 2 heterocycles. The van der Waals surface area contributed by atoms with Gasteiger partial charge in [0, 0.05) is 16.7 Å². The Morgan fingerprint density at radius 1 is 1.21 bits per heavy atom. The topological polar surface area (TPSA) is 68.3 Å². The number of hydrogen-bond acceptors (Lipinski definition) is 6. The van der Waals surface area contributed by atoms with E-state index in [1.807, 2.05) is 5.38 Å². The summed E-state index contributed by atoms with van der Waals surface area (Å²) in [5, 5.41) is 5.77. The van der Waals surface area contributed by atoms with Gasteiger partial charge in [0.25, 0.3) is 0 Å². The first-order chi connectivity index (χ1) is 11.3. The lowest BCUT2D eigenvalue weighted by Gasteiger charge is -2.04. The summed E-state index contributed by atoms with van der Waals surface area (Å²) in [6.07, 6.45) is -3.19. The van der Waals surface area contributed by atoms with Crippen LogP contribution in [0.5, 0.6) is 0 Å². The van der Waals surface area contributed by atoms with Crippen molar-refractivity contribution < 1.29 is 21.9 Å². The van der Waals surface area contributed by atoms with Crippen molar-refractivity contribution in [2.24, 2.45) is 4.36 Å². The number of alkyl halides is 3. The second-order valence-corrected chi connectivity index (χ2v) is 7.98. The molecule has 1 aromatic carbocycles. The number of aromatic nitrogens is 2. The van der Waals surface area contributed by atoms with E-state index in [1.54, 1.807) is 12.1 Å². The van der Waals surface area contributed by atoms with Gasteiger partial charge in [-0.3, -0.25) is 0 Å². The van der Waals surface area contributed by atoms with Crippen LogP contribution in [-0.2, 0) is 15.9 Å². The molecule has 3 aromatic rings. The minimum Gasteiger partial charge on any atom is -0.329 e. The van der Waals surface area contributed by atoms with Gasteiger partial charge in [-0.05, 0) is 41.8 Å². The van der Waals surface area contributed by atoms with E-state index in [1.165, 1.54) is 41.9 Å². The highest BCUT2D eigenvalue weighted by Crippen LogP contribution is 2.30. The van der Waals surface area contributed by atoms with Crippen LogP contribution in [0.4, 0.5) is 18.2 Å². The van der Waals surface area contributed by atoms with Gasteiger partial charge in [-0.25, -0.2) is 4.21 Å². The van der Waals surface area contributed by atoms with Gasteiger partial charge in [0.1, 0.15) is 5.00 Å². The van der Waals surface area contributed by atoms with Gasteiger partial charge < -0.3 is 4.52 Å². The lowest BCUT2D eigenvalue weighted by Crippen LogP contribution is -2.04. The Morgan fingerprint density at radius 2 is 1.92 bits per heavy atom. The van der Waals surface area contributed by atoms with Gasteiger partial charge in [0.2, 0.25) is 5.82 Å². The number of nitrogens with zero attached hydrogens (tertiary/aromatic N) is 3. The van der Waals surface area contributed by atoms with Gasteiger partial charge in [-0.2, -0.15) is 22.5 Å². The summed E-state index contributed by atoms with van der Waals surface area (Å²) >= 11 is 1.36. The van der Waals surface area contributed by atoms with Crippen molar-refractivity contribution >= 4 is 26.1 Å². The van der Waals surface area contributed by atoms with E-state index in [2.05, 4.69) is 19.0 Å². The van der Waals surface area contributed by atoms with E-state index in [0.29, 0.717) is 15.5 Å². The van der Waals surface area contributed by atoms with Crippen molar-refractivity contribution in [1.29, 1.82) is 0 Å². The average molecular weight is 373 g/mol. The molecule has 3 rings (SSSR count). The lowest BCUT2D eigenvalue weighted by molar-refractivity contribution is -0.159. The second kappa shape index (κ2) is 6.02. The van der Waals surface area contributed by atoms with Crippen LogP contribution in [-0.4, -0.2) is 20.6 Å². The largest absolute Gasteiger partial charge is 0.471 e. The van der Waals surface area contributed by atoms with Crippen molar-refractivity contribution in [3.8, 4) is 11.4 Å². The highest BCUT2D eigenvalue weighted by Gasteiger charge is 2.38. The number of benzene rings is 1. The third-order valence-corrected chi connectivity index (χ3v) is 5.56. The first-order valence-corrected chi connectivity index (χ1v) is 9.33. The maximum atomic E-state index is 12.7. The predicted octanol–water partition coefficient (Wildman–Crippen LogP) is 4.61. The molecule has 0 fully saturated rings. The maximum absolute atomic E-state index is 12.7. The molecule has 0 spiro atoms. The van der Waals surface area contributed by atoms with Crippen LogP contribution in [0.3, 0.4) is 0 Å². The molecule has 0 aliphatic rings. The van der Waals surface area contributed by atoms with Crippen molar-refractivity contribution in [3.05, 3.63) is 47.7 Å². The molecule has 1 atom stereocenters. The van der Waals surface area contributed by atoms with Crippen LogP contribution in [0.2, 0.25) is 0 Å². The third kappa shape index (κ3) is 3.49. The van der Waals surface area contributed by atoms with Gasteiger partial charge in [-0.15, -0.1) is 11.3 Å². The summed E-state index contributed by atoms with van der Waals surface area (Å²) < 4.78 is 58.5. The zero-order valence-electron chi connectivity index (χ0n) is 12.1. The molecule has 0 amide bonds. The minimum absolute atomic E-state index is 0.188. The molecule has 0 saturated carbocycles. The molecule has 2 aromatic heterocycles. The van der Waals surface area contributed by atoms with Gasteiger partial charge in [-0.1, -0.05) is 5.16 Å². The first kappa shape index (κ1) is 16.7. The fraction of sp³-hybridized carbons (Fsp3) is 0.143. The van der Waals surface area contributed by atoms with E-state index in [4.69, 9.17) is 0 Å². The molecule has 0 saturated heterocycles. The number of hydrogen-bond donors (Lipinski definition) is 0. The smallest absolute Gasteiger partial charge is 0.329 e. The quantitative estimate of drug-likeness (QED) is 0.673. The highest BCUT2D eigenvalue weighted by atomic mass is 32.2. The Kier molecular flexibility index (Phi) is 4.18. The van der Waals surface area contributed by atoms with E-state index in [-0.39, 0.29) is 5.82 Å². The second-order valence-electron chi connectivity index (χ2n) is 4.79. The van der Waals surface area contributed by atoms with Crippen LogP contribution in [0.1, 0.15) is 5.89 Å². The fourth-order valence-corrected chi connectivity index (χ4v) is 4.06. The van der Waals surface area contributed by atoms with Crippen molar-refractivity contribution in [2.45, 2.75) is 11.1 Å². The van der Waals surface area contributed by atoms with Crippen LogP contribution in [0.15, 0.2) is 55.6 Å². The number of rotatable bonds is 3. The number of thiophene rings is 1. The molecule has 0 aliphatic carbocycles. The molecule has 0 bridgehead atoms. The standard InChI is InChI=1S/C14H10F3N3O2S2/c1-24(21,20-11-3-2-8-23-11)10-6-4-9(5-7-10)12-18-13(22-19-12)14(15,16)17/h2-8H,1H3. The minimum atomic E-state index is -4.69. The van der Waals surface area contributed by atoms with Crippen LogP contribution in [0, 0.1) is 0 Å². The molecule has 5 nitrogen and oxygen atoms in total. The fourth-order valence-electron chi connectivity index (χ4n) is 1.86. The van der Waals surface area contributed by atoms with Gasteiger partial charge in [0.05, 0.1) is 9.73 Å². The summed E-state index contributed by atoms with van der Waals surface area (Å²) in [6, 6.07) is 9.56. The monoisotopic (exact) mass is 373 g/mol. The normalized spacial score (nSPS) is 14.3. The summed E-state index contributed by atoms with van der Waals surface area (Å²) in [5.74, 6) is -1.60. The van der Waals surface area contributed by atoms with Crippen LogP contribution < -0.4 is 0 Å².